The van der Waals surface area contributed by atoms with Crippen molar-refractivity contribution in [2.24, 2.45) is 11.1 Å². The van der Waals surface area contributed by atoms with Crippen molar-refractivity contribution < 1.29 is 37.0 Å². The molecular weight excluding hydrogens is 517 g/mol. The highest BCUT2D eigenvalue weighted by atomic mass is 32.2. The topological polar surface area (TPSA) is 156 Å². The number of anilines is 1. The van der Waals surface area contributed by atoms with Crippen molar-refractivity contribution in [3.05, 3.63) is 53.3 Å². The van der Waals surface area contributed by atoms with Crippen LogP contribution in [0.2, 0.25) is 0 Å². The summed E-state index contributed by atoms with van der Waals surface area (Å²) in [6.07, 6.45) is 0.705. The quantitative estimate of drug-likeness (QED) is 0.477. The van der Waals surface area contributed by atoms with Crippen molar-refractivity contribution in [3.8, 4) is 5.75 Å². The van der Waals surface area contributed by atoms with Gasteiger partial charge in [-0.1, -0.05) is 12.1 Å². The van der Waals surface area contributed by atoms with Gasteiger partial charge in [0.2, 0.25) is 5.91 Å². The zero-order valence-corrected chi connectivity index (χ0v) is 21.7. The first-order valence-electron chi connectivity index (χ1n) is 12.2. The molecule has 6 rings (SSSR count). The largest absolute Gasteiger partial charge is 0.491 e. The molecule has 38 heavy (non-hydrogen) atoms. The molecule has 0 unspecified atom stereocenters. The lowest BCUT2D eigenvalue weighted by Gasteiger charge is -2.67. The summed E-state index contributed by atoms with van der Waals surface area (Å²) in [4.78, 5) is 38.4. The summed E-state index contributed by atoms with van der Waals surface area (Å²) in [6.45, 7) is 3.69. The summed E-state index contributed by atoms with van der Waals surface area (Å²) in [5.74, 6) is -3.58. The Morgan fingerprint density at radius 3 is 2.42 bits per heavy atom. The van der Waals surface area contributed by atoms with Gasteiger partial charge in [-0.05, 0) is 62.9 Å². The minimum atomic E-state index is -4.15. The highest BCUT2D eigenvalue weighted by Gasteiger charge is 2.72. The molecule has 202 valence electrons. The van der Waals surface area contributed by atoms with E-state index in [4.69, 9.17) is 10.5 Å². The number of carboxylic acids is 1. The number of hydrogen-bond acceptors (Lipinski definition) is 7. The number of carboxylic acid groups (broad SMARTS) is 1. The maximum Gasteiger partial charge on any atom is 0.309 e. The molecule has 0 aromatic heterocycles. The smallest absolute Gasteiger partial charge is 0.309 e. The number of carbonyl (C=O) groups excluding carboxylic acids is 2. The second kappa shape index (κ2) is 8.77. The normalized spacial score (nSPS) is 27.0. The lowest BCUT2D eigenvalue weighted by molar-refractivity contribution is -0.196. The predicted octanol–water partition coefficient (Wildman–Crippen LogP) is 2.00. The van der Waals surface area contributed by atoms with Crippen LogP contribution in [-0.2, 0) is 26.0 Å². The molecule has 3 saturated carbocycles. The van der Waals surface area contributed by atoms with E-state index in [-0.39, 0.29) is 37.6 Å². The van der Waals surface area contributed by atoms with E-state index in [1.54, 1.807) is 24.3 Å². The Morgan fingerprint density at radius 1 is 1.21 bits per heavy atom. The fourth-order valence-electron chi connectivity index (χ4n) is 5.64. The minimum Gasteiger partial charge on any atom is -0.491 e. The van der Waals surface area contributed by atoms with Crippen LogP contribution in [0, 0.1) is 11.2 Å². The molecule has 0 saturated heterocycles. The highest BCUT2D eigenvalue weighted by Crippen LogP contribution is 2.67. The van der Waals surface area contributed by atoms with E-state index < -0.39 is 66.6 Å². The van der Waals surface area contributed by atoms with Crippen LogP contribution in [0.15, 0.2) is 41.3 Å². The van der Waals surface area contributed by atoms with Crippen LogP contribution < -0.4 is 20.7 Å². The van der Waals surface area contributed by atoms with E-state index in [0.29, 0.717) is 11.3 Å². The van der Waals surface area contributed by atoms with Gasteiger partial charge >= 0.3 is 5.97 Å². The van der Waals surface area contributed by atoms with E-state index in [0.717, 1.165) is 17.0 Å². The van der Waals surface area contributed by atoms with Crippen molar-refractivity contribution in [1.82, 2.24) is 5.32 Å². The second-order valence-electron chi connectivity index (χ2n) is 10.8. The van der Waals surface area contributed by atoms with Gasteiger partial charge < -0.3 is 25.8 Å². The Bertz CT molecular complexity index is 1440. The third-order valence-electron chi connectivity index (χ3n) is 7.40. The number of nitrogens with zero attached hydrogens (tertiary/aromatic N) is 1. The number of hydrogen-bond donors (Lipinski definition) is 3. The molecule has 2 aromatic rings. The van der Waals surface area contributed by atoms with Crippen LogP contribution >= 0.6 is 0 Å². The lowest BCUT2D eigenvalue weighted by atomic mass is 9.39. The summed E-state index contributed by atoms with van der Waals surface area (Å²) < 4.78 is 46.8. The zero-order chi connectivity index (χ0) is 27.6. The molecule has 1 heterocycles. The summed E-state index contributed by atoms with van der Waals surface area (Å²) in [5, 5.41) is 12.0. The Kier molecular flexibility index (Phi) is 6.03. The summed E-state index contributed by atoms with van der Waals surface area (Å²) in [6, 6.07) is 7.28. The van der Waals surface area contributed by atoms with Crippen molar-refractivity contribution >= 4 is 33.3 Å². The fraction of sp³-hybridized carbons (Fsp3) is 0.423. The molecular formula is C26H28FN3O7S. The first-order valence-corrected chi connectivity index (χ1v) is 13.8. The summed E-state index contributed by atoms with van der Waals surface area (Å²) in [7, 11) is -4.15. The summed E-state index contributed by atoms with van der Waals surface area (Å²) >= 11 is 0. The molecule has 3 fully saturated rings. The lowest BCUT2D eigenvalue weighted by Crippen LogP contribution is -2.77. The monoisotopic (exact) mass is 545 g/mol. The van der Waals surface area contributed by atoms with E-state index in [1.807, 2.05) is 13.8 Å². The van der Waals surface area contributed by atoms with E-state index in [1.165, 1.54) is 0 Å². The van der Waals surface area contributed by atoms with Gasteiger partial charge in [-0.3, -0.25) is 14.4 Å². The van der Waals surface area contributed by atoms with Gasteiger partial charge in [0.25, 0.3) is 5.91 Å². The molecule has 0 radical (unpaired) electrons. The number of amides is 2. The molecule has 2 amide bonds. The van der Waals surface area contributed by atoms with E-state index >= 15 is 4.39 Å². The Hall–Kier alpha value is -3.51. The van der Waals surface area contributed by atoms with Gasteiger partial charge in [-0.25, -0.2) is 12.8 Å². The molecule has 2 aromatic carbocycles. The van der Waals surface area contributed by atoms with E-state index in [2.05, 4.69) is 5.32 Å². The van der Waals surface area contributed by atoms with Gasteiger partial charge in [-0.15, -0.1) is 0 Å². The third kappa shape index (κ3) is 4.31. The summed E-state index contributed by atoms with van der Waals surface area (Å²) in [5.41, 5.74) is 4.41. The van der Waals surface area contributed by atoms with Gasteiger partial charge in [0.05, 0.1) is 46.0 Å². The molecule has 4 aliphatic rings. The van der Waals surface area contributed by atoms with Gasteiger partial charge in [0, 0.05) is 5.54 Å². The fourth-order valence-corrected chi connectivity index (χ4v) is 7.21. The van der Waals surface area contributed by atoms with Crippen LogP contribution in [-0.4, -0.2) is 54.7 Å². The van der Waals surface area contributed by atoms with Gasteiger partial charge in [-0.2, -0.15) is 0 Å². The Morgan fingerprint density at radius 2 is 1.84 bits per heavy atom. The van der Waals surface area contributed by atoms with Crippen LogP contribution in [0.1, 0.15) is 49.0 Å². The highest BCUT2D eigenvalue weighted by molar-refractivity contribution is 7.91. The first kappa shape index (κ1) is 26.1. The van der Waals surface area contributed by atoms with Crippen molar-refractivity contribution in [1.29, 1.82) is 0 Å². The maximum atomic E-state index is 15.1. The minimum absolute atomic E-state index is 0.0393. The van der Waals surface area contributed by atoms with E-state index in [9.17, 15) is 27.9 Å². The predicted molar refractivity (Wildman–Crippen MR) is 134 cm³/mol. The number of carbonyl (C=O) groups is 3. The number of halogens is 1. The molecule has 12 heteroatoms. The maximum absolute atomic E-state index is 15.1. The average molecular weight is 546 g/mol. The molecule has 4 N–H and O–H groups in total. The Labute approximate surface area is 218 Å². The van der Waals surface area contributed by atoms with Crippen LogP contribution in [0.4, 0.5) is 10.1 Å². The molecule has 0 spiro atoms. The first-order chi connectivity index (χ1) is 17.7. The molecule has 10 nitrogen and oxygen atoms in total. The van der Waals surface area contributed by atoms with Crippen LogP contribution in [0.5, 0.6) is 5.75 Å². The standard InChI is InChI=1S/C26H28FN3O7S/c1-14(2)37-16-5-3-15(4-6-16)9-30-20-7-17(22(31)29-26-11-25(12-26,13-26)24(33)34)18(27)8-21(20)38(35,36)10-19(28)23(30)32/h3-8,14,19H,9-13,28H2,1-2H3,(H,29,31)(H,33,34)/t19-,25?,26?/m0/s1. The number of nitrogens with one attached hydrogen (secondary N) is 1. The number of sulfone groups is 1. The number of ether oxygens (including phenoxy) is 1. The number of nitrogens with two attached hydrogens (primary N) is 1. The van der Waals surface area contributed by atoms with Crippen molar-refractivity contribution in [2.75, 3.05) is 10.7 Å². The van der Waals surface area contributed by atoms with Crippen molar-refractivity contribution in [3.63, 3.8) is 0 Å². The van der Waals surface area contributed by atoms with Crippen LogP contribution in [0.25, 0.3) is 0 Å². The zero-order valence-electron chi connectivity index (χ0n) is 20.9. The molecule has 2 bridgehead atoms. The molecule has 1 aliphatic heterocycles. The average Bonchev–Trinajstić information content (AvgIpc) is 2.84. The number of fused-ring (bicyclic) bond motifs is 1. The number of benzene rings is 2. The van der Waals surface area contributed by atoms with Crippen molar-refractivity contribution in [2.45, 2.75) is 62.2 Å². The second-order valence-corrected chi connectivity index (χ2v) is 12.8. The van der Waals surface area contributed by atoms with Gasteiger partial charge in [0.15, 0.2) is 9.84 Å². The Balaban J connectivity index is 1.48. The number of rotatable bonds is 7. The van der Waals surface area contributed by atoms with Crippen LogP contribution in [0.3, 0.4) is 0 Å². The third-order valence-corrected chi connectivity index (χ3v) is 9.19. The SMILES string of the molecule is CC(C)Oc1ccc(CN2C(=O)[C@@H](N)CS(=O)(=O)c3cc(F)c(C(=O)NC45CC(C(=O)O)(C4)C5)cc32)cc1. The molecule has 1 atom stereocenters. The molecule has 3 aliphatic carbocycles. The number of aliphatic carboxylic acids is 1. The van der Waals surface area contributed by atoms with Gasteiger partial charge in [0.1, 0.15) is 11.6 Å².